The predicted molar refractivity (Wildman–Crippen MR) is 118 cm³/mol. The molecule has 168 valence electrons. The molecule has 0 fully saturated rings. The second kappa shape index (κ2) is 8.55. The van der Waals surface area contributed by atoms with Gasteiger partial charge >= 0.3 is 0 Å². The molecule has 1 N–H and O–H groups in total. The molecule has 1 aliphatic rings. The molecule has 8 nitrogen and oxygen atoms in total. The fraction of sp³-hybridized carbons (Fsp3) is 0.333. The quantitative estimate of drug-likeness (QED) is 0.604. The Balaban J connectivity index is 2.00. The molecule has 0 spiro atoms. The van der Waals surface area contributed by atoms with Gasteiger partial charge in [0.15, 0.2) is 16.9 Å². The Morgan fingerprint density at radius 2 is 1.72 bits per heavy atom. The fourth-order valence-corrected chi connectivity index (χ4v) is 4.21. The minimum atomic E-state index is -0.723. The van der Waals surface area contributed by atoms with E-state index in [1.165, 1.54) is 26.2 Å². The molecule has 2 heterocycles. The Morgan fingerprint density at radius 1 is 1.03 bits per heavy atom. The maximum Gasteiger partial charge on any atom is 0.290 e. The molecular formula is C24H25NO7. The molecule has 0 unspecified atom stereocenters. The van der Waals surface area contributed by atoms with Crippen LogP contribution < -0.4 is 19.6 Å². The Labute approximate surface area is 184 Å². The van der Waals surface area contributed by atoms with Gasteiger partial charge in [0.2, 0.25) is 11.5 Å². The van der Waals surface area contributed by atoms with Gasteiger partial charge in [0, 0.05) is 13.2 Å². The van der Waals surface area contributed by atoms with E-state index in [1.54, 1.807) is 24.3 Å². The first-order valence-corrected chi connectivity index (χ1v) is 10.2. The van der Waals surface area contributed by atoms with E-state index < -0.39 is 11.9 Å². The van der Waals surface area contributed by atoms with Gasteiger partial charge in [-0.3, -0.25) is 9.59 Å². The van der Waals surface area contributed by atoms with Crippen molar-refractivity contribution >= 4 is 16.9 Å². The van der Waals surface area contributed by atoms with Crippen LogP contribution in [0.25, 0.3) is 11.0 Å². The predicted octanol–water partition coefficient (Wildman–Crippen LogP) is 3.05. The smallest absolute Gasteiger partial charge is 0.290 e. The lowest BCUT2D eigenvalue weighted by Gasteiger charge is -2.26. The molecule has 1 atom stereocenters. The maximum absolute atomic E-state index is 13.6. The third kappa shape index (κ3) is 3.36. The normalized spacial score (nSPS) is 15.2. The number of nitrogens with zero attached hydrogens (tertiary/aromatic N) is 1. The zero-order valence-electron chi connectivity index (χ0n) is 18.4. The molecule has 3 aromatic rings. The van der Waals surface area contributed by atoms with Gasteiger partial charge in [-0.15, -0.1) is 0 Å². The van der Waals surface area contributed by atoms with Crippen molar-refractivity contribution in [1.82, 2.24) is 4.90 Å². The summed E-state index contributed by atoms with van der Waals surface area (Å²) < 4.78 is 22.3. The molecule has 1 aliphatic heterocycles. The minimum Gasteiger partial charge on any atom is -0.493 e. The number of benzene rings is 2. The number of hydrogen-bond acceptors (Lipinski definition) is 7. The monoisotopic (exact) mass is 439 g/mol. The van der Waals surface area contributed by atoms with Crippen molar-refractivity contribution in [3.05, 3.63) is 63.0 Å². The van der Waals surface area contributed by atoms with Crippen LogP contribution in [0.3, 0.4) is 0 Å². The number of aliphatic hydroxyl groups is 1. The van der Waals surface area contributed by atoms with Crippen molar-refractivity contribution in [1.29, 1.82) is 0 Å². The highest BCUT2D eigenvalue weighted by Crippen LogP contribution is 2.45. The Hall–Kier alpha value is -3.52. The minimum absolute atomic E-state index is 0.0167. The van der Waals surface area contributed by atoms with E-state index in [2.05, 4.69) is 0 Å². The van der Waals surface area contributed by atoms with E-state index in [9.17, 15) is 14.7 Å². The van der Waals surface area contributed by atoms with Crippen LogP contribution in [-0.4, -0.2) is 50.4 Å². The van der Waals surface area contributed by atoms with Gasteiger partial charge in [-0.25, -0.2) is 0 Å². The molecule has 1 amide bonds. The van der Waals surface area contributed by atoms with Crippen LogP contribution in [0.15, 0.2) is 39.5 Å². The summed E-state index contributed by atoms with van der Waals surface area (Å²) in [5.41, 5.74) is 1.89. The van der Waals surface area contributed by atoms with E-state index in [4.69, 9.17) is 18.6 Å². The molecule has 8 heteroatoms. The molecule has 0 aliphatic carbocycles. The summed E-state index contributed by atoms with van der Waals surface area (Å²) >= 11 is 0. The van der Waals surface area contributed by atoms with E-state index in [0.717, 1.165) is 5.56 Å². The number of carbonyl (C=O) groups excluding carboxylic acids is 1. The molecular weight excluding hydrogens is 414 g/mol. The lowest BCUT2D eigenvalue weighted by Crippen LogP contribution is -2.31. The summed E-state index contributed by atoms with van der Waals surface area (Å²) in [5, 5.41) is 9.79. The summed E-state index contributed by atoms with van der Waals surface area (Å²) in [7, 11) is 4.51. The summed E-state index contributed by atoms with van der Waals surface area (Å²) in [6, 6.07) is 8.01. The number of rotatable bonds is 7. The number of aliphatic hydroxyl groups excluding tert-OH is 1. The van der Waals surface area contributed by atoms with Crippen LogP contribution in [0.1, 0.15) is 39.7 Å². The number of hydrogen-bond donors (Lipinski definition) is 1. The first-order valence-electron chi connectivity index (χ1n) is 10.2. The van der Waals surface area contributed by atoms with Gasteiger partial charge < -0.3 is 28.6 Å². The number of ether oxygens (including phenoxy) is 3. The lowest BCUT2D eigenvalue weighted by atomic mass is 9.97. The summed E-state index contributed by atoms with van der Waals surface area (Å²) in [4.78, 5) is 28.4. The molecule has 0 saturated heterocycles. The first kappa shape index (κ1) is 21.7. The van der Waals surface area contributed by atoms with Crippen molar-refractivity contribution in [2.45, 2.75) is 19.4 Å². The number of methoxy groups -OCH3 is 3. The largest absolute Gasteiger partial charge is 0.493 e. The van der Waals surface area contributed by atoms with Gasteiger partial charge in [0.05, 0.1) is 38.3 Å². The van der Waals surface area contributed by atoms with Crippen molar-refractivity contribution < 1.29 is 28.5 Å². The van der Waals surface area contributed by atoms with Gasteiger partial charge in [-0.1, -0.05) is 11.6 Å². The van der Waals surface area contributed by atoms with Crippen LogP contribution >= 0.6 is 0 Å². The highest BCUT2D eigenvalue weighted by molar-refractivity contribution is 5.99. The second-order valence-corrected chi connectivity index (χ2v) is 7.61. The van der Waals surface area contributed by atoms with Crippen molar-refractivity contribution in [3.8, 4) is 17.2 Å². The summed E-state index contributed by atoms with van der Waals surface area (Å²) in [6.45, 7) is 2.04. The fourth-order valence-electron chi connectivity index (χ4n) is 4.21. The van der Waals surface area contributed by atoms with Gasteiger partial charge in [-0.05, 0) is 43.2 Å². The van der Waals surface area contributed by atoms with Crippen LogP contribution in [0, 0.1) is 6.92 Å². The summed E-state index contributed by atoms with van der Waals surface area (Å²) in [5.74, 6) is 0.845. The zero-order chi connectivity index (χ0) is 23.0. The van der Waals surface area contributed by atoms with Crippen LogP contribution in [0.5, 0.6) is 17.2 Å². The van der Waals surface area contributed by atoms with Gasteiger partial charge in [-0.2, -0.15) is 0 Å². The number of aryl methyl sites for hydroxylation is 1. The van der Waals surface area contributed by atoms with Crippen molar-refractivity contribution in [2.24, 2.45) is 0 Å². The highest BCUT2D eigenvalue weighted by atomic mass is 16.5. The maximum atomic E-state index is 13.6. The average molecular weight is 439 g/mol. The van der Waals surface area contributed by atoms with Gasteiger partial charge in [0.1, 0.15) is 5.58 Å². The molecule has 4 rings (SSSR count). The van der Waals surface area contributed by atoms with Crippen LogP contribution in [0.4, 0.5) is 0 Å². The third-order valence-electron chi connectivity index (χ3n) is 5.68. The van der Waals surface area contributed by atoms with E-state index >= 15 is 0 Å². The third-order valence-corrected chi connectivity index (χ3v) is 5.68. The number of carbonyl (C=O) groups is 1. The second-order valence-electron chi connectivity index (χ2n) is 7.61. The van der Waals surface area contributed by atoms with E-state index in [1.807, 2.05) is 13.0 Å². The lowest BCUT2D eigenvalue weighted by molar-refractivity contribution is 0.0716. The SMILES string of the molecule is COc1cc([C@H]2c3c(oc4ccc(C)cc4c3=O)C(=O)N2CCCO)cc(OC)c1OC. The van der Waals surface area contributed by atoms with E-state index in [0.29, 0.717) is 40.2 Å². The van der Waals surface area contributed by atoms with Crippen LogP contribution in [0.2, 0.25) is 0 Å². The first-order chi connectivity index (χ1) is 15.4. The Bertz CT molecular complexity index is 1220. The molecule has 0 saturated carbocycles. The molecule has 2 aromatic carbocycles. The molecule has 0 bridgehead atoms. The zero-order valence-corrected chi connectivity index (χ0v) is 18.4. The standard InChI is InChI=1S/C24H25NO7/c1-13-6-7-16-15(10-13)21(27)19-20(25(8-5-9-26)24(28)23(19)32-16)14-11-17(29-2)22(31-4)18(12-14)30-3/h6-7,10-12,20,26H,5,8-9H2,1-4H3/t20-/m0/s1. The number of amides is 1. The molecule has 1 aromatic heterocycles. The van der Waals surface area contributed by atoms with Crippen LogP contribution in [-0.2, 0) is 0 Å². The van der Waals surface area contributed by atoms with E-state index in [-0.39, 0.29) is 29.9 Å². The number of fused-ring (bicyclic) bond motifs is 2. The van der Waals surface area contributed by atoms with Gasteiger partial charge in [0.25, 0.3) is 5.91 Å². The Morgan fingerprint density at radius 3 is 2.31 bits per heavy atom. The average Bonchev–Trinajstić information content (AvgIpc) is 3.08. The van der Waals surface area contributed by atoms with Crippen molar-refractivity contribution in [2.75, 3.05) is 34.5 Å². The highest BCUT2D eigenvalue weighted by Gasteiger charge is 2.43. The molecule has 0 radical (unpaired) electrons. The van der Waals surface area contributed by atoms with Crippen molar-refractivity contribution in [3.63, 3.8) is 0 Å². The topological polar surface area (TPSA) is 98.4 Å². The summed E-state index contributed by atoms with van der Waals surface area (Å²) in [6.07, 6.45) is 0.355. The Kier molecular flexibility index (Phi) is 5.80. The molecule has 32 heavy (non-hydrogen) atoms.